The first-order chi connectivity index (χ1) is 7.98. The second kappa shape index (κ2) is 6.44. The molecular weight excluding hydrogens is 216 g/mol. The molecule has 0 nitrogen and oxygen atoms in total. The summed E-state index contributed by atoms with van der Waals surface area (Å²) in [6.07, 6.45) is 2.95. The molecule has 0 aromatic carbocycles. The van der Waals surface area contributed by atoms with E-state index < -0.39 is 0 Å². The van der Waals surface area contributed by atoms with E-state index in [1.54, 1.807) is 0 Å². The first-order valence-corrected chi connectivity index (χ1v) is 7.98. The molecule has 1 aliphatic rings. The van der Waals surface area contributed by atoms with Gasteiger partial charge in [0.25, 0.3) is 0 Å². The summed E-state index contributed by atoms with van der Waals surface area (Å²) >= 11 is 0. The van der Waals surface area contributed by atoms with Crippen molar-refractivity contribution >= 4 is 0 Å². The van der Waals surface area contributed by atoms with E-state index in [-0.39, 0.29) is 0 Å². The zero-order valence-corrected chi connectivity index (χ0v) is 14.7. The van der Waals surface area contributed by atoms with E-state index in [9.17, 15) is 0 Å². The molecule has 0 unspecified atom stereocenters. The predicted octanol–water partition coefficient (Wildman–Crippen LogP) is 6.40. The summed E-state index contributed by atoms with van der Waals surface area (Å²) < 4.78 is 0. The van der Waals surface area contributed by atoms with Gasteiger partial charge in [0, 0.05) is 0 Å². The zero-order valence-electron chi connectivity index (χ0n) is 14.7. The number of rotatable bonds is 4. The van der Waals surface area contributed by atoms with Crippen LogP contribution in [0.15, 0.2) is 0 Å². The Kier molecular flexibility index (Phi) is 6.44. The highest BCUT2D eigenvalue weighted by atomic mass is 14.5. The second-order valence-electron chi connectivity index (χ2n) is 8.17. The van der Waals surface area contributed by atoms with Crippen LogP contribution in [0, 0.1) is 34.5 Å². The van der Waals surface area contributed by atoms with Crippen molar-refractivity contribution in [2.45, 2.75) is 82.1 Å². The Morgan fingerprint density at radius 2 is 0.944 bits per heavy atom. The van der Waals surface area contributed by atoms with Gasteiger partial charge in [-0.1, -0.05) is 69.2 Å². The van der Waals surface area contributed by atoms with Crippen LogP contribution in [0.4, 0.5) is 0 Å². The van der Waals surface area contributed by atoms with Gasteiger partial charge in [-0.05, 0) is 47.3 Å². The van der Waals surface area contributed by atoms with E-state index >= 15 is 0 Å². The van der Waals surface area contributed by atoms with Crippen LogP contribution in [0.2, 0.25) is 0 Å². The van der Waals surface area contributed by atoms with Crippen molar-refractivity contribution in [3.63, 3.8) is 0 Å². The lowest BCUT2D eigenvalue weighted by Crippen LogP contribution is -2.25. The standard InChI is InChI=1S/C9H18.C9H20/c1-7(2)9(5-6-9)8(3)4;1-7(2)9(5,6)8(3)4/h7-8H,5-6H2,1-4H3;7-8H,1-6H3. The van der Waals surface area contributed by atoms with Gasteiger partial charge in [-0.15, -0.1) is 0 Å². The van der Waals surface area contributed by atoms with E-state index in [0.29, 0.717) is 5.41 Å². The first kappa shape index (κ1) is 18.0. The van der Waals surface area contributed by atoms with Gasteiger partial charge < -0.3 is 0 Å². The predicted molar refractivity (Wildman–Crippen MR) is 84.8 cm³/mol. The van der Waals surface area contributed by atoms with Gasteiger partial charge in [-0.3, -0.25) is 0 Å². The van der Waals surface area contributed by atoms with Gasteiger partial charge in [-0.2, -0.15) is 0 Å². The molecular formula is C18H38. The molecule has 1 rings (SSSR count). The Balaban J connectivity index is 0.000000321. The van der Waals surface area contributed by atoms with Gasteiger partial charge >= 0.3 is 0 Å². The van der Waals surface area contributed by atoms with Gasteiger partial charge in [0.1, 0.15) is 0 Å². The van der Waals surface area contributed by atoms with E-state index in [0.717, 1.165) is 29.1 Å². The van der Waals surface area contributed by atoms with Gasteiger partial charge in [0.2, 0.25) is 0 Å². The van der Waals surface area contributed by atoms with Crippen LogP contribution in [-0.4, -0.2) is 0 Å². The molecule has 0 saturated heterocycles. The number of hydrogen-bond acceptors (Lipinski definition) is 0. The summed E-state index contributed by atoms with van der Waals surface area (Å²) in [6.45, 7) is 23.3. The monoisotopic (exact) mass is 254 g/mol. The Morgan fingerprint density at radius 3 is 0.944 bits per heavy atom. The van der Waals surface area contributed by atoms with Crippen molar-refractivity contribution in [1.82, 2.24) is 0 Å². The maximum Gasteiger partial charge on any atom is -0.0251 e. The molecule has 1 saturated carbocycles. The van der Waals surface area contributed by atoms with Crippen molar-refractivity contribution in [2.24, 2.45) is 34.5 Å². The average molecular weight is 255 g/mol. The largest absolute Gasteiger partial charge is 0.0623 e. The maximum absolute atomic E-state index is 2.35. The van der Waals surface area contributed by atoms with Crippen LogP contribution >= 0.6 is 0 Å². The van der Waals surface area contributed by atoms with Crippen molar-refractivity contribution < 1.29 is 0 Å². The summed E-state index contributed by atoms with van der Waals surface area (Å²) in [6, 6.07) is 0. The molecule has 0 aromatic heterocycles. The molecule has 18 heavy (non-hydrogen) atoms. The molecule has 0 amide bonds. The fourth-order valence-electron chi connectivity index (χ4n) is 2.63. The van der Waals surface area contributed by atoms with Gasteiger partial charge in [0.15, 0.2) is 0 Å². The van der Waals surface area contributed by atoms with Crippen molar-refractivity contribution in [3.8, 4) is 0 Å². The molecule has 0 atom stereocenters. The van der Waals surface area contributed by atoms with E-state index in [4.69, 9.17) is 0 Å². The molecule has 110 valence electrons. The highest BCUT2D eigenvalue weighted by Gasteiger charge is 2.47. The molecule has 0 heterocycles. The van der Waals surface area contributed by atoms with E-state index in [2.05, 4.69) is 69.2 Å². The highest BCUT2D eigenvalue weighted by molar-refractivity contribution is 4.97. The highest BCUT2D eigenvalue weighted by Crippen LogP contribution is 2.57. The molecule has 0 aromatic rings. The Bertz CT molecular complexity index is 192. The third-order valence-electron chi connectivity index (χ3n) is 6.10. The van der Waals surface area contributed by atoms with Crippen molar-refractivity contribution in [3.05, 3.63) is 0 Å². The fraction of sp³-hybridized carbons (Fsp3) is 1.00. The molecule has 1 fully saturated rings. The van der Waals surface area contributed by atoms with Crippen LogP contribution in [-0.2, 0) is 0 Å². The summed E-state index contributed by atoms with van der Waals surface area (Å²) in [4.78, 5) is 0. The molecule has 0 aliphatic heterocycles. The topological polar surface area (TPSA) is 0 Å². The Hall–Kier alpha value is 0. The smallest absolute Gasteiger partial charge is 0.0251 e. The fourth-order valence-corrected chi connectivity index (χ4v) is 2.63. The van der Waals surface area contributed by atoms with Crippen LogP contribution in [0.5, 0.6) is 0 Å². The molecule has 0 N–H and O–H groups in total. The molecule has 1 aliphatic carbocycles. The molecule has 0 heteroatoms. The zero-order chi connectivity index (χ0) is 14.7. The third-order valence-corrected chi connectivity index (χ3v) is 6.10. The van der Waals surface area contributed by atoms with Crippen molar-refractivity contribution in [2.75, 3.05) is 0 Å². The van der Waals surface area contributed by atoms with E-state index in [1.807, 2.05) is 0 Å². The SMILES string of the molecule is CC(C)C(C)(C)C(C)C.CC(C)C1(C(C)C)CC1. The lowest BCUT2D eigenvalue weighted by atomic mass is 9.72. The lowest BCUT2D eigenvalue weighted by molar-refractivity contribution is 0.165. The van der Waals surface area contributed by atoms with Crippen LogP contribution < -0.4 is 0 Å². The third kappa shape index (κ3) is 4.28. The normalized spacial score (nSPS) is 18.3. The first-order valence-electron chi connectivity index (χ1n) is 7.98. The average Bonchev–Trinajstić information content (AvgIpc) is 2.98. The van der Waals surface area contributed by atoms with Gasteiger partial charge in [-0.25, -0.2) is 0 Å². The van der Waals surface area contributed by atoms with Crippen LogP contribution in [0.3, 0.4) is 0 Å². The summed E-state index contributed by atoms with van der Waals surface area (Å²) in [7, 11) is 0. The second-order valence-corrected chi connectivity index (χ2v) is 8.17. The summed E-state index contributed by atoms with van der Waals surface area (Å²) in [5, 5.41) is 0. The quantitative estimate of drug-likeness (QED) is 0.544. The minimum atomic E-state index is 0.500. The minimum absolute atomic E-state index is 0.500. The minimum Gasteiger partial charge on any atom is -0.0623 e. The van der Waals surface area contributed by atoms with Crippen LogP contribution in [0.25, 0.3) is 0 Å². The molecule has 0 spiro atoms. The summed E-state index contributed by atoms with van der Waals surface area (Å²) in [5.74, 6) is 3.38. The number of hydrogen-bond donors (Lipinski definition) is 0. The van der Waals surface area contributed by atoms with Crippen molar-refractivity contribution in [1.29, 1.82) is 0 Å². The maximum atomic E-state index is 2.35. The molecule has 0 bridgehead atoms. The molecule has 0 radical (unpaired) electrons. The van der Waals surface area contributed by atoms with Gasteiger partial charge in [0.05, 0.1) is 0 Å². The Labute approximate surface area is 117 Å². The Morgan fingerprint density at radius 1 is 0.667 bits per heavy atom. The summed E-state index contributed by atoms with van der Waals surface area (Å²) in [5.41, 5.74) is 1.25. The van der Waals surface area contributed by atoms with Crippen LogP contribution in [0.1, 0.15) is 82.1 Å². The lowest BCUT2D eigenvalue weighted by Gasteiger charge is -2.33. The van der Waals surface area contributed by atoms with E-state index in [1.165, 1.54) is 12.8 Å².